The van der Waals surface area contributed by atoms with E-state index in [2.05, 4.69) is 48.6 Å². The topological polar surface area (TPSA) is 177 Å². The van der Waals surface area contributed by atoms with Crippen molar-refractivity contribution in [3.8, 4) is 29.1 Å². The Hall–Kier alpha value is -5.06. The van der Waals surface area contributed by atoms with Crippen LogP contribution in [0.2, 0.25) is 0 Å². The molecule has 0 saturated heterocycles. The number of unbranched alkanes of at least 4 members (excludes halogenated alkanes) is 24. The summed E-state index contributed by atoms with van der Waals surface area (Å²) in [6, 6.07) is 12.8. The van der Waals surface area contributed by atoms with Crippen LogP contribution in [0.3, 0.4) is 0 Å². The van der Waals surface area contributed by atoms with Crippen molar-refractivity contribution in [2.75, 3.05) is 40.5 Å². The van der Waals surface area contributed by atoms with E-state index in [4.69, 9.17) is 35.0 Å². The Balaban J connectivity index is 2.80. The molecule has 4 unspecified atom stereocenters. The number of rotatable bonds is 53. The van der Waals surface area contributed by atoms with Gasteiger partial charge in [-0.05, 0) is 134 Å². The number of nitrogens with zero attached hydrogens (tertiary/aromatic N) is 4. The Morgan fingerprint density at radius 3 is 1.12 bits per heavy atom. The molecule has 0 aliphatic carbocycles. The van der Waals surface area contributed by atoms with Gasteiger partial charge in [0, 0.05) is 45.8 Å². The Morgan fingerprint density at radius 2 is 0.793 bits per heavy atom. The first kappa shape index (κ1) is 83.0. The minimum absolute atomic E-state index is 0.0123. The molecule has 0 radical (unpaired) electrons. The number of nitriles is 1. The number of methoxy groups -OCH3 is 2. The number of esters is 4. The molecule has 2 rings (SSSR count). The Kier molecular flexibility index (Phi) is 40.9. The zero-order chi connectivity index (χ0) is 68.4. The lowest BCUT2D eigenvalue weighted by Gasteiger charge is -2.41. The normalized spacial score (nSPS) is 14.5. The number of aliphatic imine (C=N–C) groups is 2. The average Bonchev–Trinajstić information content (AvgIpc) is 0.788. The van der Waals surface area contributed by atoms with E-state index in [1.165, 1.54) is 78.4 Å². The molecule has 518 valence electrons. The van der Waals surface area contributed by atoms with Crippen LogP contribution < -0.4 is 18.9 Å². The second kappa shape index (κ2) is 45.3. The van der Waals surface area contributed by atoms with Gasteiger partial charge < -0.3 is 33.3 Å². The Bertz CT molecular complexity index is 2440. The summed E-state index contributed by atoms with van der Waals surface area (Å²) < 4.78 is 33.5. The second-order valence-corrected chi connectivity index (χ2v) is 30.9. The highest BCUT2D eigenvalue weighted by molar-refractivity contribution is 8.78. The maximum atomic E-state index is 15.3. The molecule has 0 fully saturated rings. The smallest absolute Gasteiger partial charge is 0.322 e. The van der Waals surface area contributed by atoms with Crippen LogP contribution in [0.1, 0.15) is 300 Å². The van der Waals surface area contributed by atoms with Gasteiger partial charge in [0.15, 0.2) is 23.0 Å². The first-order chi connectivity index (χ1) is 43.9. The molecule has 0 saturated carbocycles. The lowest BCUT2D eigenvalue weighted by molar-refractivity contribution is -0.153. The van der Waals surface area contributed by atoms with Crippen molar-refractivity contribution in [1.29, 1.82) is 5.26 Å². The van der Waals surface area contributed by atoms with E-state index in [-0.39, 0.29) is 50.4 Å². The molecule has 0 heterocycles. The van der Waals surface area contributed by atoms with E-state index >= 15 is 19.2 Å². The summed E-state index contributed by atoms with van der Waals surface area (Å²) in [4.78, 5) is 74.1. The van der Waals surface area contributed by atoms with Crippen LogP contribution in [0.15, 0.2) is 46.4 Å². The number of benzene rings is 2. The van der Waals surface area contributed by atoms with Gasteiger partial charge in [-0.15, -0.1) is 0 Å². The molecule has 0 bridgehead atoms. The van der Waals surface area contributed by atoms with Crippen molar-refractivity contribution in [3.05, 3.63) is 58.9 Å². The second-order valence-electron chi connectivity index (χ2n) is 27.8. The molecule has 0 aliphatic heterocycles. The van der Waals surface area contributed by atoms with E-state index in [9.17, 15) is 5.26 Å². The number of hydrogen-bond donors (Lipinski definition) is 0. The minimum atomic E-state index is -1.59. The summed E-state index contributed by atoms with van der Waals surface area (Å²) in [5.74, 6) is -1.64. The highest BCUT2D eigenvalue weighted by Crippen LogP contribution is 2.55. The summed E-state index contributed by atoms with van der Waals surface area (Å²) in [5.41, 5.74) is -3.68. The van der Waals surface area contributed by atoms with Crippen LogP contribution in [0.5, 0.6) is 23.0 Å². The Morgan fingerprint density at radius 1 is 0.467 bits per heavy atom. The van der Waals surface area contributed by atoms with Crippen molar-refractivity contribution in [2.45, 2.75) is 304 Å². The van der Waals surface area contributed by atoms with E-state index < -0.39 is 55.2 Å². The number of hydrogen-bond acceptors (Lipinski definition) is 15. The summed E-state index contributed by atoms with van der Waals surface area (Å²) in [6.45, 7) is 32.6. The summed E-state index contributed by atoms with van der Waals surface area (Å²) in [7, 11) is 5.17. The van der Waals surface area contributed by atoms with Crippen LogP contribution >= 0.6 is 21.6 Å². The quantitative estimate of drug-likeness (QED) is 0.0153. The number of carbonyl (C=O) groups excluding carboxylic acids is 4. The molecular formula is C76H122N4O10S2. The molecular weight excluding hydrogens is 1190 g/mol. The van der Waals surface area contributed by atoms with E-state index in [1.54, 1.807) is 104 Å². The third kappa shape index (κ3) is 32.4. The van der Waals surface area contributed by atoms with Gasteiger partial charge in [0.2, 0.25) is 5.54 Å². The van der Waals surface area contributed by atoms with Crippen molar-refractivity contribution >= 4 is 57.9 Å². The van der Waals surface area contributed by atoms with Gasteiger partial charge in [0.1, 0.15) is 9.49 Å². The largest absolute Gasteiger partial charge is 0.493 e. The number of carbonyl (C=O) groups is 4. The van der Waals surface area contributed by atoms with Gasteiger partial charge in [-0.2, -0.15) is 5.26 Å². The van der Waals surface area contributed by atoms with Gasteiger partial charge in [-0.25, -0.2) is 6.57 Å². The lowest BCUT2D eigenvalue weighted by atomic mass is 9.70. The fourth-order valence-electron chi connectivity index (χ4n) is 11.9. The molecule has 2 aromatic carbocycles. The third-order valence-corrected chi connectivity index (χ3v) is 20.9. The molecule has 0 aromatic heterocycles. The zero-order valence-electron chi connectivity index (χ0n) is 59.8. The third-order valence-electron chi connectivity index (χ3n) is 17.0. The van der Waals surface area contributed by atoms with Crippen molar-refractivity contribution in [1.82, 2.24) is 0 Å². The van der Waals surface area contributed by atoms with Gasteiger partial charge in [-0.1, -0.05) is 203 Å². The van der Waals surface area contributed by atoms with Gasteiger partial charge in [0.05, 0.1) is 49.7 Å². The van der Waals surface area contributed by atoms with Crippen molar-refractivity contribution < 1.29 is 47.6 Å². The minimum Gasteiger partial charge on any atom is -0.493 e. The van der Waals surface area contributed by atoms with E-state index in [0.717, 1.165) is 135 Å². The maximum absolute atomic E-state index is 15.3. The Labute approximate surface area is 566 Å². The molecule has 0 aliphatic rings. The highest BCUT2D eigenvalue weighted by atomic mass is 33.1. The molecule has 16 heteroatoms. The van der Waals surface area contributed by atoms with E-state index in [1.807, 2.05) is 0 Å². The fourth-order valence-corrected chi connectivity index (χ4v) is 15.2. The van der Waals surface area contributed by atoms with E-state index in [0.29, 0.717) is 37.4 Å². The molecule has 4 atom stereocenters. The van der Waals surface area contributed by atoms with Crippen molar-refractivity contribution in [3.63, 3.8) is 0 Å². The molecule has 0 N–H and O–H groups in total. The number of ether oxygens (including phenoxy) is 6. The van der Waals surface area contributed by atoms with Gasteiger partial charge in [-0.3, -0.25) is 29.2 Å². The maximum Gasteiger partial charge on any atom is 0.322 e. The predicted octanol–water partition coefficient (Wildman–Crippen LogP) is 20.9. The molecule has 14 nitrogen and oxygen atoms in total. The molecule has 92 heavy (non-hydrogen) atoms. The summed E-state index contributed by atoms with van der Waals surface area (Å²) in [5, 5.41) is 10.6. The monoisotopic (exact) mass is 1310 g/mol. The van der Waals surface area contributed by atoms with Gasteiger partial charge in [0.25, 0.3) is 0 Å². The fraction of sp³-hybridized carbons (Fsp3) is 0.737. The summed E-state index contributed by atoms with van der Waals surface area (Å²) in [6.07, 6.45) is 33.8. The summed E-state index contributed by atoms with van der Waals surface area (Å²) >= 11 is 0. The zero-order valence-corrected chi connectivity index (χ0v) is 61.4. The molecule has 0 amide bonds. The lowest BCUT2D eigenvalue weighted by Crippen LogP contribution is -2.47. The van der Waals surface area contributed by atoms with Crippen molar-refractivity contribution in [2.24, 2.45) is 26.2 Å². The first-order valence-electron chi connectivity index (χ1n) is 35.2. The van der Waals surface area contributed by atoms with Crippen LogP contribution in [0.25, 0.3) is 4.85 Å². The average molecular weight is 1320 g/mol. The van der Waals surface area contributed by atoms with Crippen LogP contribution in [-0.4, -0.2) is 91.9 Å². The molecule has 2 aromatic rings. The van der Waals surface area contributed by atoms with Crippen LogP contribution in [-0.2, 0) is 28.7 Å². The molecule has 0 spiro atoms. The standard InChI is InChI=1S/C76H122N4O10S2/c1-16-20-24-28-30-32-34-36-38-42-50-87-69(83)75(11,58-73(9,56-71(5,6)60-77)67(81)89-63-46-44-61(52-65(63)85-14)54-79-48-40-26-22-18-3)91-92-76(12,70(84)88-51-43-39-37-35-33-31-29-25-21-17-2)59-74(10,57-72(7,8)78-13)68(82)90-64-47-45-62(53-66(64)86-15)55-80-49-41-27-23-19-4/h44-47,52-55H,16-43,48-51,56-59H2,1-12,14-15H3. The first-order valence-corrected chi connectivity index (χ1v) is 37.3. The highest BCUT2D eigenvalue weighted by Gasteiger charge is 2.55. The SMILES string of the molecule is [C-]#[N+]C(C)(C)CC(C)(CC(C)(SSC(C)(CC(C)(CC(C)(C)C#N)C(=O)Oc1ccc(C=NCCCCCC)cc1OC)C(=O)OCCCCCCCCCCCC)C(=O)OCCCCCCCCCCCC)C(=O)Oc1ccc(C=NCCCCCC)cc1OC. The predicted molar refractivity (Wildman–Crippen MR) is 383 cm³/mol. The van der Waals surface area contributed by atoms with Crippen LogP contribution in [0, 0.1) is 34.1 Å². The van der Waals surface area contributed by atoms with Crippen LogP contribution in [0.4, 0.5) is 0 Å². The van der Waals surface area contributed by atoms with Gasteiger partial charge >= 0.3 is 23.9 Å².